The predicted octanol–water partition coefficient (Wildman–Crippen LogP) is 2.98. The minimum atomic E-state index is 0.465. The summed E-state index contributed by atoms with van der Waals surface area (Å²) in [6.07, 6.45) is 3.01. The first-order valence-electron chi connectivity index (χ1n) is 5.82. The van der Waals surface area contributed by atoms with Gasteiger partial charge < -0.3 is 9.84 Å². The highest BCUT2D eigenvalue weighted by molar-refractivity contribution is 5.20. The molecule has 0 amide bonds. The fourth-order valence-corrected chi connectivity index (χ4v) is 1.69. The second-order valence-electron chi connectivity index (χ2n) is 4.47. The molecule has 0 bridgehead atoms. The van der Waals surface area contributed by atoms with Crippen molar-refractivity contribution in [1.29, 1.82) is 0 Å². The molecule has 2 unspecified atom stereocenters. The van der Waals surface area contributed by atoms with Crippen LogP contribution in [-0.4, -0.2) is 11.2 Å². The number of allylic oxidation sites excluding steroid dienone is 1. The second kappa shape index (κ2) is 5.85. The molecule has 90 valence electrons. The summed E-state index contributed by atoms with van der Waals surface area (Å²) in [6, 6.07) is 0.465. The van der Waals surface area contributed by atoms with Crippen LogP contribution in [-0.2, 0) is 6.54 Å². The summed E-state index contributed by atoms with van der Waals surface area (Å²) in [7, 11) is 0. The standard InChI is InChI=1S/C13H22N2O/c1-6-7-9(2)10(3)14-8-13-11(4)15-16-12(13)5/h6,9-10,14H,1,7-8H2,2-5H3. The summed E-state index contributed by atoms with van der Waals surface area (Å²) in [5, 5.41) is 7.45. The summed E-state index contributed by atoms with van der Waals surface area (Å²) in [4.78, 5) is 0. The van der Waals surface area contributed by atoms with Gasteiger partial charge in [-0.3, -0.25) is 0 Å². The van der Waals surface area contributed by atoms with Crippen molar-refractivity contribution < 1.29 is 4.52 Å². The molecule has 1 aromatic heterocycles. The number of hydrogen-bond donors (Lipinski definition) is 1. The van der Waals surface area contributed by atoms with Crippen LogP contribution in [0.4, 0.5) is 0 Å². The highest BCUT2D eigenvalue weighted by Crippen LogP contribution is 2.14. The summed E-state index contributed by atoms with van der Waals surface area (Å²) in [6.45, 7) is 13.0. The van der Waals surface area contributed by atoms with Gasteiger partial charge in [-0.1, -0.05) is 18.2 Å². The van der Waals surface area contributed by atoms with Gasteiger partial charge in [-0.25, -0.2) is 0 Å². The highest BCUT2D eigenvalue weighted by Gasteiger charge is 2.13. The van der Waals surface area contributed by atoms with E-state index in [2.05, 4.69) is 30.9 Å². The third-order valence-corrected chi connectivity index (χ3v) is 3.17. The normalized spacial score (nSPS) is 14.8. The third-order valence-electron chi connectivity index (χ3n) is 3.17. The fraction of sp³-hybridized carbons (Fsp3) is 0.615. The van der Waals surface area contributed by atoms with E-state index in [-0.39, 0.29) is 0 Å². The molecular formula is C13H22N2O. The SMILES string of the molecule is C=CCC(C)C(C)NCc1c(C)noc1C. The summed E-state index contributed by atoms with van der Waals surface area (Å²) < 4.78 is 5.13. The van der Waals surface area contributed by atoms with Crippen molar-refractivity contribution in [2.24, 2.45) is 5.92 Å². The number of rotatable bonds is 6. The Bertz CT molecular complexity index is 324. The average Bonchev–Trinajstić information content (AvgIpc) is 2.56. The predicted molar refractivity (Wildman–Crippen MR) is 66.3 cm³/mol. The van der Waals surface area contributed by atoms with Gasteiger partial charge in [0, 0.05) is 18.2 Å². The largest absolute Gasteiger partial charge is 0.361 e. The molecule has 1 heterocycles. The lowest BCUT2D eigenvalue weighted by atomic mass is 9.99. The zero-order valence-electron chi connectivity index (χ0n) is 10.7. The molecule has 16 heavy (non-hydrogen) atoms. The minimum absolute atomic E-state index is 0.465. The first-order valence-corrected chi connectivity index (χ1v) is 5.82. The van der Waals surface area contributed by atoms with Crippen molar-refractivity contribution in [3.63, 3.8) is 0 Å². The Hall–Kier alpha value is -1.09. The maximum atomic E-state index is 5.13. The van der Waals surface area contributed by atoms with E-state index in [4.69, 9.17) is 4.52 Å². The van der Waals surface area contributed by atoms with Gasteiger partial charge in [0.15, 0.2) is 0 Å². The molecule has 2 atom stereocenters. The number of aromatic nitrogens is 1. The smallest absolute Gasteiger partial charge is 0.138 e. The van der Waals surface area contributed by atoms with Crippen molar-refractivity contribution >= 4 is 0 Å². The van der Waals surface area contributed by atoms with Crippen LogP contribution in [0, 0.1) is 19.8 Å². The lowest BCUT2D eigenvalue weighted by molar-refractivity contribution is 0.386. The molecule has 1 N–H and O–H groups in total. The van der Waals surface area contributed by atoms with Crippen molar-refractivity contribution in [1.82, 2.24) is 10.5 Å². The van der Waals surface area contributed by atoms with Gasteiger partial charge in [0.25, 0.3) is 0 Å². The van der Waals surface area contributed by atoms with Gasteiger partial charge >= 0.3 is 0 Å². The Labute approximate surface area is 97.9 Å². The lowest BCUT2D eigenvalue weighted by Crippen LogP contribution is -2.31. The Morgan fingerprint density at radius 2 is 2.12 bits per heavy atom. The molecule has 0 aliphatic rings. The van der Waals surface area contributed by atoms with Crippen LogP contribution in [0.15, 0.2) is 17.2 Å². The third kappa shape index (κ3) is 3.20. The van der Waals surface area contributed by atoms with Crippen molar-refractivity contribution in [2.45, 2.75) is 46.7 Å². The van der Waals surface area contributed by atoms with E-state index in [1.165, 1.54) is 5.56 Å². The molecule has 3 nitrogen and oxygen atoms in total. The molecule has 0 fully saturated rings. The number of aryl methyl sites for hydroxylation is 2. The molecule has 1 aromatic rings. The van der Waals surface area contributed by atoms with E-state index in [0.29, 0.717) is 12.0 Å². The van der Waals surface area contributed by atoms with Crippen LogP contribution >= 0.6 is 0 Å². The minimum Gasteiger partial charge on any atom is -0.361 e. The maximum Gasteiger partial charge on any atom is 0.138 e. The Kier molecular flexibility index (Phi) is 4.74. The number of hydrogen-bond acceptors (Lipinski definition) is 3. The van der Waals surface area contributed by atoms with Gasteiger partial charge in [0.1, 0.15) is 5.76 Å². The topological polar surface area (TPSA) is 38.1 Å². The fourth-order valence-electron chi connectivity index (χ4n) is 1.69. The number of nitrogens with one attached hydrogen (secondary N) is 1. The first kappa shape index (κ1) is 13.0. The van der Waals surface area contributed by atoms with Crippen LogP contribution in [0.2, 0.25) is 0 Å². The molecule has 1 rings (SSSR count). The van der Waals surface area contributed by atoms with Crippen LogP contribution in [0.3, 0.4) is 0 Å². The van der Waals surface area contributed by atoms with Crippen LogP contribution < -0.4 is 5.32 Å². The molecule has 0 aliphatic heterocycles. The van der Waals surface area contributed by atoms with Gasteiger partial charge in [0.05, 0.1) is 5.69 Å². The zero-order valence-corrected chi connectivity index (χ0v) is 10.7. The molecule has 0 saturated carbocycles. The summed E-state index contributed by atoms with van der Waals surface area (Å²) in [5.74, 6) is 1.51. The maximum absolute atomic E-state index is 5.13. The van der Waals surface area contributed by atoms with E-state index >= 15 is 0 Å². The van der Waals surface area contributed by atoms with Gasteiger partial charge in [-0.2, -0.15) is 0 Å². The van der Waals surface area contributed by atoms with Gasteiger partial charge in [-0.15, -0.1) is 6.58 Å². The van der Waals surface area contributed by atoms with E-state index < -0.39 is 0 Å². The van der Waals surface area contributed by atoms with Crippen molar-refractivity contribution in [2.75, 3.05) is 0 Å². The highest BCUT2D eigenvalue weighted by atomic mass is 16.5. The van der Waals surface area contributed by atoms with Crippen molar-refractivity contribution in [3.8, 4) is 0 Å². The summed E-state index contributed by atoms with van der Waals surface area (Å²) >= 11 is 0. The van der Waals surface area contributed by atoms with Crippen LogP contribution in [0.1, 0.15) is 37.3 Å². The quantitative estimate of drug-likeness (QED) is 0.752. The Morgan fingerprint density at radius 1 is 1.44 bits per heavy atom. The van der Waals surface area contributed by atoms with E-state index in [1.807, 2.05) is 19.9 Å². The Balaban J connectivity index is 2.48. The molecule has 0 aliphatic carbocycles. The lowest BCUT2D eigenvalue weighted by Gasteiger charge is -2.19. The molecular weight excluding hydrogens is 200 g/mol. The average molecular weight is 222 g/mol. The van der Waals surface area contributed by atoms with E-state index in [0.717, 1.165) is 24.4 Å². The molecule has 0 radical (unpaired) electrons. The summed E-state index contributed by atoms with van der Waals surface area (Å²) in [5.41, 5.74) is 2.16. The van der Waals surface area contributed by atoms with Crippen LogP contribution in [0.25, 0.3) is 0 Å². The zero-order chi connectivity index (χ0) is 12.1. The van der Waals surface area contributed by atoms with Crippen molar-refractivity contribution in [3.05, 3.63) is 29.7 Å². The monoisotopic (exact) mass is 222 g/mol. The van der Waals surface area contributed by atoms with Gasteiger partial charge in [-0.05, 0) is 33.1 Å². The van der Waals surface area contributed by atoms with Crippen LogP contribution in [0.5, 0.6) is 0 Å². The first-order chi connectivity index (χ1) is 7.56. The second-order valence-corrected chi connectivity index (χ2v) is 4.47. The molecule has 0 saturated heterocycles. The molecule has 3 heteroatoms. The van der Waals surface area contributed by atoms with E-state index in [1.54, 1.807) is 0 Å². The molecule has 0 spiro atoms. The molecule has 0 aromatic carbocycles. The Morgan fingerprint density at radius 3 is 2.62 bits per heavy atom. The van der Waals surface area contributed by atoms with Gasteiger partial charge in [0.2, 0.25) is 0 Å². The van der Waals surface area contributed by atoms with E-state index in [9.17, 15) is 0 Å². The number of nitrogens with zero attached hydrogens (tertiary/aromatic N) is 1.